The first kappa shape index (κ1) is 17.5. The molecule has 1 aromatic carbocycles. The maximum Gasteiger partial charge on any atom is 0.325 e. The monoisotopic (exact) mass is 481 g/mol. The molecule has 1 aliphatic heterocycles. The lowest BCUT2D eigenvalue weighted by Crippen LogP contribution is -2.46. The van der Waals surface area contributed by atoms with Gasteiger partial charge in [-0.25, -0.2) is 4.79 Å². The highest BCUT2D eigenvalue weighted by atomic mass is 127. The van der Waals surface area contributed by atoms with E-state index in [1.54, 1.807) is 23.5 Å². The van der Waals surface area contributed by atoms with Gasteiger partial charge in [0.05, 0.1) is 0 Å². The highest BCUT2D eigenvalue weighted by Gasteiger charge is 2.54. The van der Waals surface area contributed by atoms with Crippen LogP contribution in [0.2, 0.25) is 0 Å². The molecule has 1 unspecified atom stereocenters. The van der Waals surface area contributed by atoms with Gasteiger partial charge >= 0.3 is 6.03 Å². The molecule has 2 aromatic rings. The van der Waals surface area contributed by atoms with E-state index in [2.05, 4.69) is 33.2 Å². The van der Waals surface area contributed by atoms with Crippen molar-refractivity contribution in [2.45, 2.75) is 24.8 Å². The summed E-state index contributed by atoms with van der Waals surface area (Å²) in [6.07, 6.45) is 2.32. The Morgan fingerprint density at radius 1 is 1.27 bits per heavy atom. The van der Waals surface area contributed by atoms with Crippen molar-refractivity contribution in [2.24, 2.45) is 0 Å². The molecule has 1 fully saturated rings. The summed E-state index contributed by atoms with van der Waals surface area (Å²) in [7, 11) is 0. The molecule has 0 bridgehead atoms. The maximum absolute atomic E-state index is 13.1. The van der Waals surface area contributed by atoms with Crippen molar-refractivity contribution >= 4 is 57.5 Å². The topological polar surface area (TPSA) is 78.5 Å². The third-order valence-corrected chi connectivity index (χ3v) is 6.47. The van der Waals surface area contributed by atoms with Crippen molar-refractivity contribution < 1.29 is 14.4 Å². The van der Waals surface area contributed by atoms with Gasteiger partial charge < -0.3 is 10.6 Å². The number of nitrogens with one attached hydrogen (secondary N) is 2. The van der Waals surface area contributed by atoms with Gasteiger partial charge in [0.1, 0.15) is 12.1 Å². The molecule has 4 rings (SSSR count). The Balaban J connectivity index is 1.52. The molecule has 26 heavy (non-hydrogen) atoms. The minimum atomic E-state index is -1.01. The van der Waals surface area contributed by atoms with E-state index in [0.29, 0.717) is 12.1 Å². The van der Waals surface area contributed by atoms with E-state index in [1.807, 2.05) is 23.6 Å². The summed E-state index contributed by atoms with van der Waals surface area (Å²) in [5.41, 5.74) is 0.510. The molecule has 1 aromatic heterocycles. The van der Waals surface area contributed by atoms with Crippen LogP contribution in [-0.4, -0.2) is 29.3 Å². The second-order valence-electron chi connectivity index (χ2n) is 6.39. The number of imide groups is 1. The molecule has 1 atom stereocenters. The Hall–Kier alpha value is -1.94. The molecule has 1 saturated heterocycles. The smallest absolute Gasteiger partial charge is 0.325 e. The minimum Gasteiger partial charge on any atom is -0.325 e. The van der Waals surface area contributed by atoms with Crippen LogP contribution in [0.4, 0.5) is 10.5 Å². The second-order valence-corrected chi connectivity index (χ2v) is 8.64. The van der Waals surface area contributed by atoms with Gasteiger partial charge in [-0.05, 0) is 77.6 Å². The van der Waals surface area contributed by atoms with Crippen LogP contribution in [0.3, 0.4) is 0 Å². The summed E-state index contributed by atoms with van der Waals surface area (Å²) < 4.78 is 1.06. The number of nitrogens with zero attached hydrogens (tertiary/aromatic N) is 1. The first-order valence-corrected chi connectivity index (χ1v) is 10.2. The summed E-state index contributed by atoms with van der Waals surface area (Å²) >= 11 is 3.78. The number of rotatable bonds is 3. The number of hydrogen-bond donors (Lipinski definition) is 2. The van der Waals surface area contributed by atoms with Gasteiger partial charge in [0.15, 0.2) is 0 Å². The van der Waals surface area contributed by atoms with Crippen LogP contribution in [0.1, 0.15) is 23.3 Å². The summed E-state index contributed by atoms with van der Waals surface area (Å²) in [5, 5.41) is 7.53. The SMILES string of the molecule is O=C(CN1C(=O)NC2(CCCc3sccc32)C1=O)Nc1ccc(I)cc1. The predicted molar refractivity (Wildman–Crippen MR) is 107 cm³/mol. The van der Waals surface area contributed by atoms with Crippen molar-refractivity contribution in [3.8, 4) is 0 Å². The molecule has 1 spiro atoms. The van der Waals surface area contributed by atoms with Crippen molar-refractivity contribution in [1.29, 1.82) is 0 Å². The molecular formula is C18H16IN3O3S. The molecule has 2 N–H and O–H groups in total. The summed E-state index contributed by atoms with van der Waals surface area (Å²) in [4.78, 5) is 40.0. The van der Waals surface area contributed by atoms with Crippen molar-refractivity contribution in [1.82, 2.24) is 10.2 Å². The first-order chi connectivity index (χ1) is 12.5. The largest absolute Gasteiger partial charge is 0.325 e. The number of halogens is 1. The number of carbonyl (C=O) groups is 3. The molecule has 134 valence electrons. The molecule has 8 heteroatoms. The van der Waals surface area contributed by atoms with Crippen molar-refractivity contribution in [2.75, 3.05) is 11.9 Å². The Kier molecular flexibility index (Phi) is 4.47. The lowest BCUT2D eigenvalue weighted by molar-refractivity contribution is -0.134. The predicted octanol–water partition coefficient (Wildman–Crippen LogP) is 3.07. The zero-order chi connectivity index (χ0) is 18.3. The van der Waals surface area contributed by atoms with Crippen LogP contribution in [0.15, 0.2) is 35.7 Å². The molecule has 1 aliphatic carbocycles. The van der Waals surface area contributed by atoms with Crippen LogP contribution in [0, 0.1) is 3.57 Å². The molecule has 4 amide bonds. The molecule has 2 heterocycles. The highest BCUT2D eigenvalue weighted by molar-refractivity contribution is 14.1. The van der Waals surface area contributed by atoms with E-state index < -0.39 is 17.5 Å². The van der Waals surface area contributed by atoms with Crippen LogP contribution >= 0.6 is 33.9 Å². The maximum atomic E-state index is 13.1. The van der Waals surface area contributed by atoms with Gasteiger partial charge in [0, 0.05) is 19.7 Å². The number of fused-ring (bicyclic) bond motifs is 2. The molecule has 2 aliphatic rings. The first-order valence-electron chi connectivity index (χ1n) is 8.26. The third-order valence-electron chi connectivity index (χ3n) is 4.77. The standard InChI is InChI=1S/C18H16IN3O3S/c19-11-3-5-12(6-4-11)20-15(23)10-22-16(24)18(21-17(22)25)8-1-2-14-13(18)7-9-26-14/h3-7,9H,1-2,8,10H2,(H,20,23)(H,21,25). The Morgan fingerprint density at radius 2 is 2.04 bits per heavy atom. The van der Waals surface area contributed by atoms with Crippen LogP contribution in [0.5, 0.6) is 0 Å². The number of carbonyl (C=O) groups excluding carboxylic acids is 3. The zero-order valence-corrected chi connectivity index (χ0v) is 16.7. The zero-order valence-electron chi connectivity index (χ0n) is 13.8. The fourth-order valence-corrected chi connectivity index (χ4v) is 4.92. The van der Waals surface area contributed by atoms with Gasteiger partial charge in [-0.1, -0.05) is 0 Å². The van der Waals surface area contributed by atoms with Crippen LogP contribution in [0.25, 0.3) is 0 Å². The quantitative estimate of drug-likeness (QED) is 0.523. The molecular weight excluding hydrogens is 465 g/mol. The lowest BCUT2D eigenvalue weighted by Gasteiger charge is -2.31. The van der Waals surface area contributed by atoms with E-state index in [4.69, 9.17) is 0 Å². The van der Waals surface area contributed by atoms with E-state index >= 15 is 0 Å². The van der Waals surface area contributed by atoms with E-state index in [9.17, 15) is 14.4 Å². The fraction of sp³-hybridized carbons (Fsp3) is 0.278. The normalized spacial score (nSPS) is 21.7. The lowest BCUT2D eigenvalue weighted by atomic mass is 9.80. The average Bonchev–Trinajstić information content (AvgIpc) is 3.18. The Morgan fingerprint density at radius 3 is 2.81 bits per heavy atom. The number of aryl methyl sites for hydroxylation is 1. The van der Waals surface area contributed by atoms with Crippen molar-refractivity contribution in [3.63, 3.8) is 0 Å². The molecule has 6 nitrogen and oxygen atoms in total. The van der Waals surface area contributed by atoms with Crippen LogP contribution in [-0.2, 0) is 21.5 Å². The summed E-state index contributed by atoms with van der Waals surface area (Å²) in [6.45, 7) is -0.294. The second kappa shape index (κ2) is 6.66. The minimum absolute atomic E-state index is 0.294. The van der Waals surface area contributed by atoms with Crippen molar-refractivity contribution in [3.05, 3.63) is 49.7 Å². The number of amides is 4. The fourth-order valence-electron chi connectivity index (χ4n) is 3.56. The van der Waals surface area contributed by atoms with E-state index in [1.165, 1.54) is 0 Å². The number of urea groups is 1. The van der Waals surface area contributed by atoms with Crippen LogP contribution < -0.4 is 10.6 Å². The number of anilines is 1. The van der Waals surface area contributed by atoms with Gasteiger partial charge in [0.2, 0.25) is 5.91 Å². The van der Waals surface area contributed by atoms with Gasteiger partial charge in [-0.15, -0.1) is 11.3 Å². The summed E-state index contributed by atoms with van der Waals surface area (Å²) in [5.74, 6) is -0.729. The Labute approximate surface area is 168 Å². The third kappa shape index (κ3) is 2.90. The molecule has 0 saturated carbocycles. The van der Waals surface area contributed by atoms with Gasteiger partial charge in [-0.2, -0.15) is 0 Å². The average molecular weight is 481 g/mol. The summed E-state index contributed by atoms with van der Waals surface area (Å²) in [6, 6.07) is 8.72. The highest BCUT2D eigenvalue weighted by Crippen LogP contribution is 2.42. The molecule has 0 radical (unpaired) electrons. The van der Waals surface area contributed by atoms with Gasteiger partial charge in [0.25, 0.3) is 5.91 Å². The number of benzene rings is 1. The number of thiophene rings is 1. The number of hydrogen-bond acceptors (Lipinski definition) is 4. The Bertz CT molecular complexity index is 895. The van der Waals surface area contributed by atoms with Gasteiger partial charge in [-0.3, -0.25) is 14.5 Å². The van der Waals surface area contributed by atoms with E-state index in [0.717, 1.165) is 31.8 Å². The van der Waals surface area contributed by atoms with E-state index in [-0.39, 0.29) is 12.5 Å².